The van der Waals surface area contributed by atoms with E-state index >= 15 is 0 Å². The second-order valence-electron chi connectivity index (χ2n) is 6.37. The Labute approximate surface area is 148 Å². The van der Waals surface area contributed by atoms with Gasteiger partial charge >= 0.3 is 0 Å². The summed E-state index contributed by atoms with van der Waals surface area (Å²) in [4.78, 5) is 14.2. The van der Waals surface area contributed by atoms with Crippen molar-refractivity contribution in [3.8, 4) is 11.5 Å². The van der Waals surface area contributed by atoms with Crippen molar-refractivity contribution in [2.24, 2.45) is 5.92 Å². The fourth-order valence-electron chi connectivity index (χ4n) is 3.19. The maximum absolute atomic E-state index is 12.9. The number of piperazine rings is 1. The molecule has 1 saturated heterocycles. The molecule has 0 aromatic heterocycles. The highest BCUT2D eigenvalue weighted by atomic mass is 32.2. The average Bonchev–Trinajstić information content (AvgIpc) is 2.59. The Kier molecular flexibility index (Phi) is 5.19. The largest absolute Gasteiger partial charge is 0.497 e. The van der Waals surface area contributed by atoms with Gasteiger partial charge in [0.05, 0.1) is 14.2 Å². The highest BCUT2D eigenvalue weighted by molar-refractivity contribution is 7.89. The Hall–Kier alpha value is -1.80. The molecule has 0 atom stereocenters. The average molecular weight is 368 g/mol. The Morgan fingerprint density at radius 1 is 1.08 bits per heavy atom. The van der Waals surface area contributed by atoms with E-state index in [1.54, 1.807) is 17.0 Å². The van der Waals surface area contributed by atoms with Crippen LogP contribution in [0.1, 0.15) is 19.3 Å². The Bertz CT molecular complexity index is 737. The Morgan fingerprint density at radius 2 is 1.76 bits per heavy atom. The van der Waals surface area contributed by atoms with E-state index in [4.69, 9.17) is 9.47 Å². The third-order valence-corrected chi connectivity index (χ3v) is 6.93. The van der Waals surface area contributed by atoms with Crippen molar-refractivity contribution in [2.45, 2.75) is 24.2 Å². The molecule has 0 N–H and O–H groups in total. The lowest BCUT2D eigenvalue weighted by atomic mass is 9.84. The van der Waals surface area contributed by atoms with Crippen molar-refractivity contribution in [1.29, 1.82) is 0 Å². The summed E-state index contributed by atoms with van der Waals surface area (Å²) < 4.78 is 37.7. The third kappa shape index (κ3) is 3.46. The van der Waals surface area contributed by atoms with Crippen LogP contribution in [-0.2, 0) is 14.8 Å². The first-order valence-electron chi connectivity index (χ1n) is 8.48. The zero-order valence-electron chi connectivity index (χ0n) is 14.6. The molecule has 0 unspecified atom stereocenters. The van der Waals surface area contributed by atoms with E-state index in [9.17, 15) is 13.2 Å². The number of methoxy groups -OCH3 is 2. The van der Waals surface area contributed by atoms with Gasteiger partial charge in [-0.25, -0.2) is 8.42 Å². The lowest BCUT2D eigenvalue weighted by Crippen LogP contribution is -2.52. The number of carbonyl (C=O) groups is 1. The smallest absolute Gasteiger partial charge is 0.246 e. The maximum atomic E-state index is 12.9. The van der Waals surface area contributed by atoms with E-state index in [1.165, 1.54) is 24.6 Å². The summed E-state index contributed by atoms with van der Waals surface area (Å²) in [5.41, 5.74) is 0. The third-order valence-electron chi connectivity index (χ3n) is 4.99. The minimum absolute atomic E-state index is 0.120. The molecule has 2 aliphatic rings. The zero-order chi connectivity index (χ0) is 18.0. The Balaban J connectivity index is 1.72. The molecule has 1 amide bonds. The van der Waals surface area contributed by atoms with Crippen LogP contribution in [0.4, 0.5) is 0 Å². The molecular formula is C17H24N2O5S. The van der Waals surface area contributed by atoms with Gasteiger partial charge in [0.15, 0.2) is 0 Å². The predicted molar refractivity (Wildman–Crippen MR) is 92.2 cm³/mol. The van der Waals surface area contributed by atoms with E-state index in [2.05, 4.69) is 0 Å². The van der Waals surface area contributed by atoms with Crippen molar-refractivity contribution >= 4 is 15.9 Å². The van der Waals surface area contributed by atoms with E-state index in [1.807, 2.05) is 0 Å². The summed E-state index contributed by atoms with van der Waals surface area (Å²) in [6.45, 7) is 1.48. The van der Waals surface area contributed by atoms with Gasteiger partial charge in [0.25, 0.3) is 0 Å². The van der Waals surface area contributed by atoms with Gasteiger partial charge in [-0.1, -0.05) is 6.42 Å². The number of hydrogen-bond acceptors (Lipinski definition) is 5. The van der Waals surface area contributed by atoms with Crippen LogP contribution in [0, 0.1) is 5.92 Å². The van der Waals surface area contributed by atoms with Crippen LogP contribution < -0.4 is 9.47 Å². The standard InChI is InChI=1S/C17H24N2O5S/c1-23-14-6-7-16(15(12-14)24-2)25(21,22)19-10-8-18(9-11-19)17(20)13-4-3-5-13/h6-7,12-13H,3-5,8-11H2,1-2H3. The van der Waals surface area contributed by atoms with Crippen LogP contribution >= 0.6 is 0 Å². The highest BCUT2D eigenvalue weighted by Gasteiger charge is 2.35. The van der Waals surface area contributed by atoms with Gasteiger partial charge < -0.3 is 14.4 Å². The molecule has 1 aliphatic heterocycles. The molecule has 1 aliphatic carbocycles. The second-order valence-corrected chi connectivity index (χ2v) is 8.28. The summed E-state index contributed by atoms with van der Waals surface area (Å²) in [7, 11) is -0.727. The quantitative estimate of drug-likeness (QED) is 0.784. The summed E-state index contributed by atoms with van der Waals surface area (Å²) in [6.07, 6.45) is 3.03. The van der Waals surface area contributed by atoms with Crippen LogP contribution in [0.5, 0.6) is 11.5 Å². The molecule has 1 aromatic carbocycles. The summed E-state index contributed by atoms with van der Waals surface area (Å²) >= 11 is 0. The fourth-order valence-corrected chi connectivity index (χ4v) is 4.75. The van der Waals surface area contributed by atoms with Crippen molar-refractivity contribution in [1.82, 2.24) is 9.21 Å². The minimum Gasteiger partial charge on any atom is -0.497 e. The molecule has 1 saturated carbocycles. The van der Waals surface area contributed by atoms with E-state index in [0.29, 0.717) is 31.9 Å². The molecular weight excluding hydrogens is 344 g/mol. The number of hydrogen-bond donors (Lipinski definition) is 0. The first-order chi connectivity index (χ1) is 12.0. The van der Waals surface area contributed by atoms with Crippen LogP contribution in [0.2, 0.25) is 0 Å². The second kappa shape index (κ2) is 7.21. The van der Waals surface area contributed by atoms with Crippen molar-refractivity contribution < 1.29 is 22.7 Å². The normalized spacial score (nSPS) is 19.4. The summed E-state index contributed by atoms with van der Waals surface area (Å²) in [5.74, 6) is 1.11. The highest BCUT2D eigenvalue weighted by Crippen LogP contribution is 2.32. The summed E-state index contributed by atoms with van der Waals surface area (Å²) in [5, 5.41) is 0. The van der Waals surface area contributed by atoms with Crippen LogP contribution in [-0.4, -0.2) is 63.9 Å². The van der Waals surface area contributed by atoms with E-state index < -0.39 is 10.0 Å². The molecule has 3 rings (SSSR count). The molecule has 0 spiro atoms. The van der Waals surface area contributed by atoms with Crippen molar-refractivity contribution in [3.63, 3.8) is 0 Å². The van der Waals surface area contributed by atoms with E-state index in [-0.39, 0.29) is 22.5 Å². The molecule has 25 heavy (non-hydrogen) atoms. The predicted octanol–water partition coefficient (Wildman–Crippen LogP) is 1.34. The molecule has 0 bridgehead atoms. The minimum atomic E-state index is -3.68. The molecule has 138 valence electrons. The number of benzene rings is 1. The molecule has 0 radical (unpaired) electrons. The first kappa shape index (κ1) is 18.0. The molecule has 1 heterocycles. The van der Waals surface area contributed by atoms with E-state index in [0.717, 1.165) is 19.3 Å². The fraction of sp³-hybridized carbons (Fsp3) is 0.588. The number of rotatable bonds is 5. The molecule has 1 aromatic rings. The van der Waals surface area contributed by atoms with Gasteiger partial charge in [-0.05, 0) is 25.0 Å². The van der Waals surface area contributed by atoms with Gasteiger partial charge in [-0.3, -0.25) is 4.79 Å². The number of amides is 1. The van der Waals surface area contributed by atoms with Gasteiger partial charge in [0, 0.05) is 38.2 Å². The van der Waals surface area contributed by atoms with Gasteiger partial charge in [0.1, 0.15) is 16.4 Å². The number of nitrogens with zero attached hydrogens (tertiary/aromatic N) is 2. The number of carbonyl (C=O) groups excluding carboxylic acids is 1. The zero-order valence-corrected chi connectivity index (χ0v) is 15.4. The number of ether oxygens (including phenoxy) is 2. The van der Waals surface area contributed by atoms with Gasteiger partial charge in [0.2, 0.25) is 15.9 Å². The van der Waals surface area contributed by atoms with Crippen LogP contribution in [0.15, 0.2) is 23.1 Å². The Morgan fingerprint density at radius 3 is 2.28 bits per heavy atom. The summed E-state index contributed by atoms with van der Waals surface area (Å²) in [6, 6.07) is 4.66. The van der Waals surface area contributed by atoms with Crippen molar-refractivity contribution in [2.75, 3.05) is 40.4 Å². The van der Waals surface area contributed by atoms with Crippen LogP contribution in [0.3, 0.4) is 0 Å². The lowest BCUT2D eigenvalue weighted by Gasteiger charge is -2.37. The maximum Gasteiger partial charge on any atom is 0.246 e. The monoisotopic (exact) mass is 368 g/mol. The van der Waals surface area contributed by atoms with Gasteiger partial charge in [-0.15, -0.1) is 0 Å². The van der Waals surface area contributed by atoms with Gasteiger partial charge in [-0.2, -0.15) is 4.31 Å². The molecule has 8 heteroatoms. The first-order valence-corrected chi connectivity index (χ1v) is 9.92. The topological polar surface area (TPSA) is 76.2 Å². The number of sulfonamides is 1. The van der Waals surface area contributed by atoms with Crippen LogP contribution in [0.25, 0.3) is 0 Å². The lowest BCUT2D eigenvalue weighted by molar-refractivity contribution is -0.139. The molecule has 2 fully saturated rings. The van der Waals surface area contributed by atoms with Crippen molar-refractivity contribution in [3.05, 3.63) is 18.2 Å². The SMILES string of the molecule is COc1ccc(S(=O)(=O)N2CCN(C(=O)C3CCC3)CC2)c(OC)c1. The molecule has 7 nitrogen and oxygen atoms in total.